The molecular formula is C19H21NO3. The van der Waals surface area contributed by atoms with Crippen LogP contribution in [0.5, 0.6) is 11.5 Å². The Morgan fingerprint density at radius 3 is 2.43 bits per heavy atom. The summed E-state index contributed by atoms with van der Waals surface area (Å²) in [7, 11) is 3.10. The van der Waals surface area contributed by atoms with Crippen LogP contribution in [0.25, 0.3) is 0 Å². The number of nitrogens with one attached hydrogen (secondary N) is 1. The number of hydrogen-bond acceptors (Lipinski definition) is 4. The first-order valence-corrected chi connectivity index (χ1v) is 7.46. The van der Waals surface area contributed by atoms with Crippen LogP contribution in [-0.4, -0.2) is 20.0 Å². The van der Waals surface area contributed by atoms with Crippen molar-refractivity contribution in [2.45, 2.75) is 13.3 Å². The molecule has 2 rings (SSSR count). The lowest BCUT2D eigenvalue weighted by atomic mass is 10.1. The van der Waals surface area contributed by atoms with Gasteiger partial charge in [0.2, 0.25) is 0 Å². The van der Waals surface area contributed by atoms with Gasteiger partial charge < -0.3 is 14.8 Å². The predicted octanol–water partition coefficient (Wildman–Crippen LogP) is 4.07. The number of hydrogen-bond donors (Lipinski definition) is 1. The van der Waals surface area contributed by atoms with E-state index in [1.165, 1.54) is 18.7 Å². The molecule has 2 aromatic carbocycles. The summed E-state index contributed by atoms with van der Waals surface area (Å²) < 4.78 is 10.4. The zero-order valence-electron chi connectivity index (χ0n) is 13.6. The Bertz CT molecular complexity index is 690. The summed E-state index contributed by atoms with van der Waals surface area (Å²) in [5, 5.41) is 3.09. The monoisotopic (exact) mass is 311 g/mol. The van der Waals surface area contributed by atoms with Crippen molar-refractivity contribution >= 4 is 11.5 Å². The molecule has 0 heterocycles. The minimum Gasteiger partial charge on any atom is -0.497 e. The molecule has 0 saturated carbocycles. The SMILES string of the molecule is CCc1ccc(N/C=C/C(=O)c2cc(OC)ccc2OC)cc1. The van der Waals surface area contributed by atoms with E-state index in [4.69, 9.17) is 9.47 Å². The lowest BCUT2D eigenvalue weighted by Crippen LogP contribution is -2.01. The fourth-order valence-corrected chi connectivity index (χ4v) is 2.15. The minimum absolute atomic E-state index is 0.154. The molecule has 0 fully saturated rings. The molecule has 0 aliphatic carbocycles. The molecule has 4 heteroatoms. The zero-order valence-corrected chi connectivity index (χ0v) is 13.6. The van der Waals surface area contributed by atoms with E-state index in [9.17, 15) is 4.79 Å². The van der Waals surface area contributed by atoms with E-state index in [0.717, 1.165) is 12.1 Å². The second-order valence-electron chi connectivity index (χ2n) is 4.96. The van der Waals surface area contributed by atoms with Gasteiger partial charge in [0.1, 0.15) is 11.5 Å². The number of anilines is 1. The fraction of sp³-hybridized carbons (Fsp3) is 0.211. The number of aryl methyl sites for hydroxylation is 1. The first-order chi connectivity index (χ1) is 11.2. The molecule has 0 spiro atoms. The van der Waals surface area contributed by atoms with Crippen LogP contribution < -0.4 is 14.8 Å². The number of ketones is 1. The third kappa shape index (κ3) is 4.36. The first-order valence-electron chi connectivity index (χ1n) is 7.46. The molecule has 0 bridgehead atoms. The van der Waals surface area contributed by atoms with Crippen LogP contribution in [-0.2, 0) is 6.42 Å². The van der Waals surface area contributed by atoms with Crippen molar-refractivity contribution in [3.05, 3.63) is 65.9 Å². The molecule has 0 aromatic heterocycles. The van der Waals surface area contributed by atoms with Gasteiger partial charge >= 0.3 is 0 Å². The van der Waals surface area contributed by atoms with Gasteiger partial charge in [0.25, 0.3) is 0 Å². The van der Waals surface area contributed by atoms with Crippen molar-refractivity contribution < 1.29 is 14.3 Å². The van der Waals surface area contributed by atoms with Crippen LogP contribution in [0.4, 0.5) is 5.69 Å². The summed E-state index contributed by atoms with van der Waals surface area (Å²) in [4.78, 5) is 12.3. The number of rotatable bonds is 7. The van der Waals surface area contributed by atoms with Crippen LogP contribution >= 0.6 is 0 Å². The third-order valence-corrected chi connectivity index (χ3v) is 3.52. The summed E-state index contributed by atoms with van der Waals surface area (Å²) in [5.74, 6) is 0.983. The van der Waals surface area contributed by atoms with E-state index in [2.05, 4.69) is 24.4 Å². The van der Waals surface area contributed by atoms with Gasteiger partial charge in [-0.05, 0) is 42.3 Å². The molecule has 23 heavy (non-hydrogen) atoms. The molecule has 0 atom stereocenters. The van der Waals surface area contributed by atoms with Crippen molar-refractivity contribution in [1.82, 2.24) is 0 Å². The number of ether oxygens (including phenoxy) is 2. The molecule has 2 aromatic rings. The van der Waals surface area contributed by atoms with E-state index in [1.54, 1.807) is 31.5 Å². The molecule has 0 amide bonds. The largest absolute Gasteiger partial charge is 0.497 e. The highest BCUT2D eigenvalue weighted by Crippen LogP contribution is 2.24. The predicted molar refractivity (Wildman–Crippen MR) is 92.5 cm³/mol. The maximum absolute atomic E-state index is 12.3. The number of methoxy groups -OCH3 is 2. The average molecular weight is 311 g/mol. The van der Waals surface area contributed by atoms with Crippen molar-refractivity contribution in [2.24, 2.45) is 0 Å². The standard InChI is InChI=1S/C19H21NO3/c1-4-14-5-7-15(8-6-14)20-12-11-18(21)17-13-16(22-2)9-10-19(17)23-3/h5-13,20H,4H2,1-3H3/b12-11+. The highest BCUT2D eigenvalue weighted by atomic mass is 16.5. The summed E-state index contributed by atoms with van der Waals surface area (Å²) in [6.07, 6.45) is 4.11. The molecule has 0 aliphatic rings. The van der Waals surface area contributed by atoms with E-state index in [1.807, 2.05) is 12.1 Å². The Labute approximate surface area is 136 Å². The Morgan fingerprint density at radius 2 is 1.83 bits per heavy atom. The number of allylic oxidation sites excluding steroid dienone is 1. The van der Waals surface area contributed by atoms with Gasteiger partial charge in [-0.25, -0.2) is 0 Å². The second kappa shape index (κ2) is 8.03. The lowest BCUT2D eigenvalue weighted by Gasteiger charge is -2.08. The fourth-order valence-electron chi connectivity index (χ4n) is 2.15. The van der Waals surface area contributed by atoms with Gasteiger partial charge in [0.15, 0.2) is 5.78 Å². The third-order valence-electron chi connectivity index (χ3n) is 3.52. The first kappa shape index (κ1) is 16.6. The van der Waals surface area contributed by atoms with E-state index in [-0.39, 0.29) is 5.78 Å². The smallest absolute Gasteiger partial charge is 0.191 e. The van der Waals surface area contributed by atoms with Crippen molar-refractivity contribution in [3.63, 3.8) is 0 Å². The summed E-state index contributed by atoms with van der Waals surface area (Å²) in [6.45, 7) is 2.11. The lowest BCUT2D eigenvalue weighted by molar-refractivity contribution is 0.104. The summed E-state index contributed by atoms with van der Waals surface area (Å²) in [6, 6.07) is 13.2. The summed E-state index contributed by atoms with van der Waals surface area (Å²) in [5.41, 5.74) is 2.67. The molecule has 120 valence electrons. The van der Waals surface area contributed by atoms with Crippen molar-refractivity contribution in [1.29, 1.82) is 0 Å². The van der Waals surface area contributed by atoms with Crippen LogP contribution in [0.2, 0.25) is 0 Å². The van der Waals surface area contributed by atoms with Crippen molar-refractivity contribution in [2.75, 3.05) is 19.5 Å². The molecule has 0 unspecified atom stereocenters. The van der Waals surface area contributed by atoms with Gasteiger partial charge in [-0.2, -0.15) is 0 Å². The van der Waals surface area contributed by atoms with E-state index < -0.39 is 0 Å². The number of benzene rings is 2. The Balaban J connectivity index is 2.08. The van der Waals surface area contributed by atoms with Crippen LogP contribution in [0.1, 0.15) is 22.8 Å². The van der Waals surface area contributed by atoms with Gasteiger partial charge in [0.05, 0.1) is 19.8 Å². The molecule has 0 saturated heterocycles. The Hall–Kier alpha value is -2.75. The van der Waals surface area contributed by atoms with Gasteiger partial charge in [-0.1, -0.05) is 19.1 Å². The van der Waals surface area contributed by atoms with E-state index in [0.29, 0.717) is 17.1 Å². The number of carbonyl (C=O) groups excluding carboxylic acids is 1. The highest BCUT2D eigenvalue weighted by molar-refractivity contribution is 6.06. The van der Waals surface area contributed by atoms with E-state index >= 15 is 0 Å². The quantitative estimate of drug-likeness (QED) is 0.618. The highest BCUT2D eigenvalue weighted by Gasteiger charge is 2.10. The number of carbonyl (C=O) groups is 1. The molecular weight excluding hydrogens is 290 g/mol. The Kier molecular flexibility index (Phi) is 5.80. The average Bonchev–Trinajstić information content (AvgIpc) is 2.61. The molecule has 4 nitrogen and oxygen atoms in total. The van der Waals surface area contributed by atoms with Crippen molar-refractivity contribution in [3.8, 4) is 11.5 Å². The maximum Gasteiger partial charge on any atom is 0.191 e. The van der Waals surface area contributed by atoms with Crippen LogP contribution in [0.15, 0.2) is 54.7 Å². The van der Waals surface area contributed by atoms with Crippen LogP contribution in [0, 0.1) is 0 Å². The second-order valence-corrected chi connectivity index (χ2v) is 4.96. The normalized spacial score (nSPS) is 10.6. The minimum atomic E-state index is -0.154. The molecule has 1 N–H and O–H groups in total. The molecule has 0 radical (unpaired) electrons. The summed E-state index contributed by atoms with van der Waals surface area (Å²) >= 11 is 0. The van der Waals surface area contributed by atoms with Gasteiger partial charge in [-0.15, -0.1) is 0 Å². The van der Waals surface area contributed by atoms with Crippen LogP contribution in [0.3, 0.4) is 0 Å². The maximum atomic E-state index is 12.3. The van der Waals surface area contributed by atoms with Gasteiger partial charge in [-0.3, -0.25) is 4.79 Å². The Morgan fingerprint density at radius 1 is 1.09 bits per heavy atom. The van der Waals surface area contributed by atoms with Gasteiger partial charge in [0, 0.05) is 18.0 Å². The topological polar surface area (TPSA) is 47.6 Å². The molecule has 0 aliphatic heterocycles. The zero-order chi connectivity index (χ0) is 16.7.